The molecule has 4 nitrogen and oxygen atoms in total. The van der Waals surface area contributed by atoms with E-state index in [4.69, 9.17) is 17.3 Å². The third kappa shape index (κ3) is 3.49. The maximum atomic E-state index is 12.5. The van der Waals surface area contributed by atoms with Gasteiger partial charge in [-0.15, -0.1) is 0 Å². The molecule has 0 heterocycles. The third-order valence-electron chi connectivity index (χ3n) is 3.13. The fraction of sp³-hybridized carbons (Fsp3) is 0.200. The zero-order valence-electron chi connectivity index (χ0n) is 11.9. The molecular formula is C15H17ClN2O2S. The molecule has 0 aromatic heterocycles. The van der Waals surface area contributed by atoms with Crippen LogP contribution in [0.1, 0.15) is 18.1 Å². The van der Waals surface area contributed by atoms with Gasteiger partial charge < -0.3 is 5.73 Å². The first-order chi connectivity index (χ1) is 9.83. The van der Waals surface area contributed by atoms with Crippen LogP contribution in [0.25, 0.3) is 0 Å². The normalized spacial score (nSPS) is 11.4. The smallest absolute Gasteiger partial charge is 0.262 e. The van der Waals surface area contributed by atoms with Crippen molar-refractivity contribution in [2.75, 3.05) is 10.5 Å². The molecule has 2 aromatic rings. The Bertz CT molecular complexity index is 773. The van der Waals surface area contributed by atoms with Crippen molar-refractivity contribution in [1.29, 1.82) is 0 Å². The number of hydrogen-bond donors (Lipinski definition) is 2. The van der Waals surface area contributed by atoms with Crippen molar-refractivity contribution >= 4 is 33.0 Å². The van der Waals surface area contributed by atoms with Crippen LogP contribution in [0.2, 0.25) is 5.02 Å². The highest BCUT2D eigenvalue weighted by Crippen LogP contribution is 2.27. The molecule has 0 unspecified atom stereocenters. The summed E-state index contributed by atoms with van der Waals surface area (Å²) < 4.78 is 27.6. The number of anilines is 2. The molecule has 112 valence electrons. The highest BCUT2D eigenvalue weighted by atomic mass is 35.5. The number of nitrogens with one attached hydrogen (secondary N) is 1. The van der Waals surface area contributed by atoms with E-state index in [1.165, 1.54) is 6.07 Å². The lowest BCUT2D eigenvalue weighted by Gasteiger charge is -2.13. The van der Waals surface area contributed by atoms with Crippen LogP contribution in [0, 0.1) is 6.92 Å². The van der Waals surface area contributed by atoms with Crippen LogP contribution in [0.4, 0.5) is 11.4 Å². The number of rotatable bonds is 4. The number of halogens is 1. The SMILES string of the molecule is CCc1ccc(N)cc1S(=O)(=O)Nc1ccc(C)cc1Cl. The van der Waals surface area contributed by atoms with E-state index in [2.05, 4.69) is 4.72 Å². The minimum Gasteiger partial charge on any atom is -0.399 e. The summed E-state index contributed by atoms with van der Waals surface area (Å²) in [6.45, 7) is 3.78. The van der Waals surface area contributed by atoms with E-state index in [0.29, 0.717) is 28.4 Å². The average molecular weight is 325 g/mol. The average Bonchev–Trinajstić information content (AvgIpc) is 2.42. The molecule has 0 atom stereocenters. The lowest BCUT2D eigenvalue weighted by atomic mass is 10.1. The summed E-state index contributed by atoms with van der Waals surface area (Å²) in [6.07, 6.45) is 0.595. The highest BCUT2D eigenvalue weighted by Gasteiger charge is 2.19. The van der Waals surface area contributed by atoms with Crippen molar-refractivity contribution in [2.45, 2.75) is 25.2 Å². The van der Waals surface area contributed by atoms with Gasteiger partial charge in [-0.2, -0.15) is 0 Å². The first kappa shape index (κ1) is 15.7. The van der Waals surface area contributed by atoms with Crippen LogP contribution in [0.15, 0.2) is 41.3 Å². The molecule has 2 rings (SSSR count). The Hall–Kier alpha value is -1.72. The van der Waals surface area contributed by atoms with Crippen LogP contribution in [0.3, 0.4) is 0 Å². The standard InChI is InChI=1S/C15H17ClN2O2S/c1-3-11-5-6-12(17)9-15(11)21(19,20)18-14-7-4-10(2)8-13(14)16/h4-9,18H,3,17H2,1-2H3. The van der Waals surface area contributed by atoms with Gasteiger partial charge in [0.05, 0.1) is 15.6 Å². The third-order valence-corrected chi connectivity index (χ3v) is 4.89. The summed E-state index contributed by atoms with van der Waals surface area (Å²) in [4.78, 5) is 0.182. The van der Waals surface area contributed by atoms with Gasteiger partial charge in [0, 0.05) is 5.69 Å². The zero-order valence-corrected chi connectivity index (χ0v) is 13.4. The van der Waals surface area contributed by atoms with E-state index < -0.39 is 10.0 Å². The molecule has 6 heteroatoms. The van der Waals surface area contributed by atoms with Gasteiger partial charge in [0.25, 0.3) is 10.0 Å². The molecule has 0 aliphatic carbocycles. The predicted octanol–water partition coefficient (Wildman–Crippen LogP) is 3.59. The molecule has 2 aromatic carbocycles. The number of aryl methyl sites for hydroxylation is 2. The molecule has 0 saturated heterocycles. The van der Waals surface area contributed by atoms with Crippen molar-refractivity contribution in [1.82, 2.24) is 0 Å². The van der Waals surface area contributed by atoms with E-state index in [1.807, 2.05) is 13.8 Å². The van der Waals surface area contributed by atoms with Gasteiger partial charge in [-0.1, -0.05) is 30.7 Å². The Labute approximate surface area is 130 Å². The Balaban J connectivity index is 2.45. The summed E-state index contributed by atoms with van der Waals surface area (Å²) >= 11 is 6.08. The largest absolute Gasteiger partial charge is 0.399 e. The Kier molecular flexibility index (Phi) is 4.44. The Morgan fingerprint density at radius 3 is 2.52 bits per heavy atom. The summed E-state index contributed by atoms with van der Waals surface area (Å²) in [5.41, 5.74) is 8.13. The number of nitrogens with two attached hydrogens (primary N) is 1. The van der Waals surface area contributed by atoms with Gasteiger partial charge in [-0.05, 0) is 48.7 Å². The summed E-state index contributed by atoms with van der Waals surface area (Å²) in [7, 11) is -3.73. The minimum atomic E-state index is -3.73. The summed E-state index contributed by atoms with van der Waals surface area (Å²) in [6, 6.07) is 10.0. The van der Waals surface area contributed by atoms with Crippen molar-refractivity contribution in [2.24, 2.45) is 0 Å². The molecule has 0 bridgehead atoms. The van der Waals surface area contributed by atoms with E-state index in [0.717, 1.165) is 5.56 Å². The second-order valence-electron chi connectivity index (χ2n) is 4.81. The van der Waals surface area contributed by atoms with E-state index >= 15 is 0 Å². The monoisotopic (exact) mass is 324 g/mol. The quantitative estimate of drug-likeness (QED) is 0.844. The molecule has 0 spiro atoms. The van der Waals surface area contributed by atoms with E-state index in [9.17, 15) is 8.42 Å². The molecule has 0 radical (unpaired) electrons. The van der Waals surface area contributed by atoms with E-state index in [1.54, 1.807) is 30.3 Å². The van der Waals surface area contributed by atoms with Crippen molar-refractivity contribution < 1.29 is 8.42 Å². The molecule has 21 heavy (non-hydrogen) atoms. The van der Waals surface area contributed by atoms with Crippen LogP contribution < -0.4 is 10.5 Å². The van der Waals surface area contributed by atoms with Crippen molar-refractivity contribution in [3.05, 3.63) is 52.5 Å². The second-order valence-corrected chi connectivity index (χ2v) is 6.87. The van der Waals surface area contributed by atoms with Crippen LogP contribution in [-0.2, 0) is 16.4 Å². The number of sulfonamides is 1. The molecule has 0 aliphatic rings. The Morgan fingerprint density at radius 2 is 1.90 bits per heavy atom. The fourth-order valence-corrected chi connectivity index (χ4v) is 3.78. The first-order valence-corrected chi connectivity index (χ1v) is 8.37. The second kappa shape index (κ2) is 5.95. The molecule has 0 amide bonds. The van der Waals surface area contributed by atoms with Gasteiger partial charge in [0.15, 0.2) is 0 Å². The topological polar surface area (TPSA) is 72.2 Å². The van der Waals surface area contributed by atoms with Gasteiger partial charge in [0.1, 0.15) is 0 Å². The fourth-order valence-electron chi connectivity index (χ4n) is 2.02. The van der Waals surface area contributed by atoms with Crippen molar-refractivity contribution in [3.63, 3.8) is 0 Å². The minimum absolute atomic E-state index is 0.182. The van der Waals surface area contributed by atoms with Crippen LogP contribution in [0.5, 0.6) is 0 Å². The van der Waals surface area contributed by atoms with Crippen LogP contribution in [-0.4, -0.2) is 8.42 Å². The van der Waals surface area contributed by atoms with Gasteiger partial charge >= 0.3 is 0 Å². The van der Waals surface area contributed by atoms with Gasteiger partial charge in [0.2, 0.25) is 0 Å². The summed E-state index contributed by atoms with van der Waals surface area (Å²) in [5, 5.41) is 0.362. The van der Waals surface area contributed by atoms with Crippen LogP contribution >= 0.6 is 11.6 Å². The molecule has 0 saturated carbocycles. The summed E-state index contributed by atoms with van der Waals surface area (Å²) in [5.74, 6) is 0. The molecule has 3 N–H and O–H groups in total. The van der Waals surface area contributed by atoms with E-state index in [-0.39, 0.29) is 4.90 Å². The van der Waals surface area contributed by atoms with Gasteiger partial charge in [-0.3, -0.25) is 4.72 Å². The van der Waals surface area contributed by atoms with Crippen molar-refractivity contribution in [3.8, 4) is 0 Å². The van der Waals surface area contributed by atoms with Gasteiger partial charge in [-0.25, -0.2) is 8.42 Å². The Morgan fingerprint density at radius 1 is 1.19 bits per heavy atom. The first-order valence-electron chi connectivity index (χ1n) is 6.51. The number of hydrogen-bond acceptors (Lipinski definition) is 3. The number of nitrogen functional groups attached to an aromatic ring is 1. The molecule has 0 aliphatic heterocycles. The molecular weight excluding hydrogens is 308 g/mol. The lowest BCUT2D eigenvalue weighted by Crippen LogP contribution is -2.15. The lowest BCUT2D eigenvalue weighted by molar-refractivity contribution is 0.600. The predicted molar refractivity (Wildman–Crippen MR) is 87.2 cm³/mol. The highest BCUT2D eigenvalue weighted by molar-refractivity contribution is 7.92. The zero-order chi connectivity index (χ0) is 15.6. The molecule has 0 fully saturated rings. The maximum absolute atomic E-state index is 12.5. The maximum Gasteiger partial charge on any atom is 0.262 e. The number of benzene rings is 2.